The van der Waals surface area contributed by atoms with E-state index >= 15 is 0 Å². The van der Waals surface area contributed by atoms with Crippen LogP contribution in [0.15, 0.2) is 18.2 Å². The summed E-state index contributed by atoms with van der Waals surface area (Å²) in [7, 11) is 7.24. The minimum absolute atomic E-state index is 0.0331. The van der Waals surface area contributed by atoms with Crippen LogP contribution in [0.1, 0.15) is 19.3 Å². The molecule has 0 radical (unpaired) electrons. The summed E-state index contributed by atoms with van der Waals surface area (Å²) in [6.45, 7) is 0.614. The van der Waals surface area contributed by atoms with Crippen LogP contribution in [0.25, 0.3) is 0 Å². The molecule has 0 aliphatic heterocycles. The van der Waals surface area contributed by atoms with Crippen LogP contribution >= 0.6 is 0 Å². The lowest BCUT2D eigenvalue weighted by molar-refractivity contribution is 0.0379. The summed E-state index contributed by atoms with van der Waals surface area (Å²) >= 11 is 0. The molecule has 22 heavy (non-hydrogen) atoms. The fourth-order valence-corrected chi connectivity index (χ4v) is 2.84. The number of hydrogen-bond acceptors (Lipinski definition) is 3. The Morgan fingerprint density at radius 2 is 2.05 bits per heavy atom. The fraction of sp³-hybridized carbons (Fsp3) is 0.562. The maximum absolute atomic E-state index is 13.9. The lowest BCUT2D eigenvalue weighted by Gasteiger charge is -2.49. The number of nitrogens with zero attached hydrogens (tertiary/aromatic N) is 2. The Kier molecular flexibility index (Phi) is 4.90. The van der Waals surface area contributed by atoms with Gasteiger partial charge in [-0.25, -0.2) is 9.18 Å². The highest BCUT2D eigenvalue weighted by Gasteiger charge is 2.40. The third-order valence-electron chi connectivity index (χ3n) is 4.54. The number of methoxy groups -OCH3 is 1. The van der Waals surface area contributed by atoms with Crippen LogP contribution in [0.2, 0.25) is 0 Å². The van der Waals surface area contributed by atoms with Crippen molar-refractivity contribution in [3.05, 3.63) is 24.0 Å². The number of benzene rings is 1. The van der Waals surface area contributed by atoms with E-state index in [1.165, 1.54) is 19.6 Å². The Labute approximate surface area is 131 Å². The molecule has 1 N–H and O–H groups in total. The second-order valence-corrected chi connectivity index (χ2v) is 6.08. The molecule has 2 rings (SSSR count). The van der Waals surface area contributed by atoms with E-state index in [4.69, 9.17) is 4.74 Å². The molecule has 122 valence electrons. The van der Waals surface area contributed by atoms with E-state index in [0.29, 0.717) is 12.3 Å². The van der Waals surface area contributed by atoms with Crippen molar-refractivity contribution in [2.45, 2.75) is 24.8 Å². The molecule has 0 bridgehead atoms. The zero-order valence-electron chi connectivity index (χ0n) is 13.6. The topological polar surface area (TPSA) is 44.8 Å². The number of hydrogen-bond donors (Lipinski definition) is 1. The van der Waals surface area contributed by atoms with Gasteiger partial charge in [0.2, 0.25) is 0 Å². The third-order valence-corrected chi connectivity index (χ3v) is 4.54. The second-order valence-electron chi connectivity index (χ2n) is 6.08. The highest BCUT2D eigenvalue weighted by molar-refractivity contribution is 5.91. The Morgan fingerprint density at radius 3 is 2.55 bits per heavy atom. The third kappa shape index (κ3) is 3.16. The van der Waals surface area contributed by atoms with Crippen LogP contribution < -0.4 is 10.1 Å². The molecule has 0 atom stereocenters. The normalized spacial score (nSPS) is 16.1. The van der Waals surface area contributed by atoms with Gasteiger partial charge in [-0.3, -0.25) is 0 Å². The summed E-state index contributed by atoms with van der Waals surface area (Å²) in [6.07, 6.45) is 3.32. The number of carbonyl (C=O) groups is 1. The lowest BCUT2D eigenvalue weighted by Crippen LogP contribution is -2.57. The van der Waals surface area contributed by atoms with Crippen LogP contribution in [0.4, 0.5) is 14.9 Å². The molecule has 1 saturated carbocycles. The van der Waals surface area contributed by atoms with Gasteiger partial charge in [0.15, 0.2) is 5.82 Å². The minimum Gasteiger partial charge on any atom is -0.494 e. The first-order valence-electron chi connectivity index (χ1n) is 7.42. The number of carbonyl (C=O) groups excluding carboxylic acids is 1. The van der Waals surface area contributed by atoms with Crippen molar-refractivity contribution < 1.29 is 13.9 Å². The van der Waals surface area contributed by atoms with Gasteiger partial charge in [-0.15, -0.1) is 0 Å². The van der Waals surface area contributed by atoms with E-state index < -0.39 is 5.82 Å². The molecule has 0 unspecified atom stereocenters. The second kappa shape index (κ2) is 6.52. The number of rotatable bonds is 5. The Hall–Kier alpha value is -1.82. The predicted octanol–water partition coefficient (Wildman–Crippen LogP) is 2.78. The van der Waals surface area contributed by atoms with Gasteiger partial charge in [0.1, 0.15) is 11.4 Å². The van der Waals surface area contributed by atoms with Crippen LogP contribution in [0.3, 0.4) is 0 Å². The maximum Gasteiger partial charge on any atom is 0.321 e. The summed E-state index contributed by atoms with van der Waals surface area (Å²) in [5.41, 5.74) is 0.111. The highest BCUT2D eigenvalue weighted by atomic mass is 19.1. The van der Waals surface area contributed by atoms with Gasteiger partial charge in [-0.2, -0.15) is 0 Å². The standard InChI is InChI=1S/C16H24FN3O2/c1-19(2)16(9-6-10-16)11-20(3)15(21)18-14-12(17)7-5-8-13(14)22-4/h5,7-8H,6,9-11H2,1-4H3,(H,18,21). The number of likely N-dealkylation sites (N-methyl/N-ethyl adjacent to an activating group) is 2. The van der Waals surface area contributed by atoms with Gasteiger partial charge in [-0.1, -0.05) is 6.07 Å². The van der Waals surface area contributed by atoms with Crippen molar-refractivity contribution in [3.63, 3.8) is 0 Å². The number of urea groups is 1. The summed E-state index contributed by atoms with van der Waals surface area (Å²) < 4.78 is 19.0. The zero-order valence-corrected chi connectivity index (χ0v) is 13.6. The van der Waals surface area contributed by atoms with Crippen molar-refractivity contribution in [2.24, 2.45) is 0 Å². The zero-order chi connectivity index (χ0) is 16.3. The van der Waals surface area contributed by atoms with Crippen LogP contribution in [0.5, 0.6) is 5.75 Å². The molecule has 1 fully saturated rings. The van der Waals surface area contributed by atoms with E-state index in [2.05, 4.69) is 10.2 Å². The number of amides is 2. The summed E-state index contributed by atoms with van der Waals surface area (Å²) in [5, 5.41) is 2.61. The van der Waals surface area contributed by atoms with Crippen LogP contribution in [-0.4, -0.2) is 56.2 Å². The summed E-state index contributed by atoms with van der Waals surface area (Å²) in [6, 6.07) is 4.12. The van der Waals surface area contributed by atoms with Gasteiger partial charge in [-0.05, 0) is 45.5 Å². The first kappa shape index (κ1) is 16.5. The molecular formula is C16H24FN3O2. The van der Waals surface area contributed by atoms with Gasteiger partial charge in [0, 0.05) is 19.1 Å². The average molecular weight is 309 g/mol. The summed E-state index contributed by atoms with van der Waals surface area (Å²) in [5.74, 6) is -0.195. The van der Waals surface area contributed by atoms with E-state index in [-0.39, 0.29) is 17.3 Å². The molecule has 0 saturated heterocycles. The molecule has 5 nitrogen and oxygen atoms in total. The number of halogens is 1. The van der Waals surface area contributed by atoms with Crippen molar-refractivity contribution in [1.82, 2.24) is 9.80 Å². The Morgan fingerprint density at radius 1 is 1.36 bits per heavy atom. The SMILES string of the molecule is COc1cccc(F)c1NC(=O)N(C)CC1(N(C)C)CCC1. The number of anilines is 1. The number of nitrogens with one attached hydrogen (secondary N) is 1. The molecule has 2 amide bonds. The predicted molar refractivity (Wildman–Crippen MR) is 84.9 cm³/mol. The molecule has 6 heteroatoms. The average Bonchev–Trinajstić information content (AvgIpc) is 2.44. The molecule has 0 aromatic heterocycles. The molecule has 0 spiro atoms. The molecule has 1 aromatic rings. The number of para-hydroxylation sites is 1. The van der Waals surface area contributed by atoms with Crippen molar-refractivity contribution in [3.8, 4) is 5.75 Å². The molecule has 1 aliphatic rings. The fourth-order valence-electron chi connectivity index (χ4n) is 2.84. The quantitative estimate of drug-likeness (QED) is 0.909. The summed E-state index contributed by atoms with van der Waals surface area (Å²) in [4.78, 5) is 16.1. The van der Waals surface area contributed by atoms with Crippen molar-refractivity contribution in [1.29, 1.82) is 0 Å². The number of ether oxygens (including phenoxy) is 1. The molecule has 1 aromatic carbocycles. The maximum atomic E-state index is 13.9. The lowest BCUT2D eigenvalue weighted by atomic mass is 9.75. The molecule has 1 aliphatic carbocycles. The smallest absolute Gasteiger partial charge is 0.321 e. The first-order valence-corrected chi connectivity index (χ1v) is 7.42. The van der Waals surface area contributed by atoms with E-state index in [1.54, 1.807) is 24.1 Å². The van der Waals surface area contributed by atoms with Gasteiger partial charge in [0.05, 0.1) is 7.11 Å². The minimum atomic E-state index is -0.507. The van der Waals surface area contributed by atoms with E-state index in [9.17, 15) is 9.18 Å². The van der Waals surface area contributed by atoms with Crippen LogP contribution in [0, 0.1) is 5.82 Å². The van der Waals surface area contributed by atoms with Gasteiger partial charge < -0.3 is 19.9 Å². The van der Waals surface area contributed by atoms with E-state index in [1.807, 2.05) is 14.1 Å². The monoisotopic (exact) mass is 309 g/mol. The van der Waals surface area contributed by atoms with Crippen LogP contribution in [-0.2, 0) is 0 Å². The largest absolute Gasteiger partial charge is 0.494 e. The first-order chi connectivity index (χ1) is 10.4. The van der Waals surface area contributed by atoms with E-state index in [0.717, 1.165) is 12.8 Å². The van der Waals surface area contributed by atoms with Gasteiger partial charge in [0.25, 0.3) is 0 Å². The Balaban J connectivity index is 2.06. The highest BCUT2D eigenvalue weighted by Crippen LogP contribution is 2.36. The van der Waals surface area contributed by atoms with Gasteiger partial charge >= 0.3 is 6.03 Å². The van der Waals surface area contributed by atoms with Crippen molar-refractivity contribution in [2.75, 3.05) is 40.1 Å². The molecular weight excluding hydrogens is 285 g/mol. The van der Waals surface area contributed by atoms with Crippen molar-refractivity contribution >= 4 is 11.7 Å². The Bertz CT molecular complexity index is 544. The molecule has 0 heterocycles.